The van der Waals surface area contributed by atoms with Crippen LogP contribution in [0.3, 0.4) is 0 Å². The molecule has 4 rings (SSSR count). The lowest BCUT2D eigenvalue weighted by atomic mass is 9.99. The van der Waals surface area contributed by atoms with E-state index in [1.165, 1.54) is 16.7 Å². The van der Waals surface area contributed by atoms with Gasteiger partial charge in [0.2, 0.25) is 5.71 Å². The topological polar surface area (TPSA) is 29.3 Å². The lowest BCUT2D eigenvalue weighted by Gasteiger charge is -2.26. The van der Waals surface area contributed by atoms with Gasteiger partial charge in [-0.1, -0.05) is 29.8 Å². The molecule has 0 unspecified atom stereocenters. The number of furan rings is 1. The van der Waals surface area contributed by atoms with Crippen LogP contribution in [0.5, 0.6) is 0 Å². The second-order valence-corrected chi connectivity index (χ2v) is 6.27. The minimum absolute atomic E-state index is 0.719. The van der Waals surface area contributed by atoms with Crippen LogP contribution < -0.4 is 0 Å². The van der Waals surface area contributed by atoms with Crippen LogP contribution >= 0.6 is 11.6 Å². The Morgan fingerprint density at radius 1 is 1.17 bits per heavy atom. The molecule has 0 atom stereocenters. The van der Waals surface area contributed by atoms with Crippen LogP contribution in [-0.2, 0) is 6.54 Å². The Bertz CT molecular complexity index is 851. The van der Waals surface area contributed by atoms with Crippen LogP contribution in [-0.4, -0.2) is 23.0 Å². The highest BCUT2D eigenvalue weighted by atomic mass is 35.5. The predicted octanol–water partition coefficient (Wildman–Crippen LogP) is 4.77. The van der Waals surface area contributed by atoms with Crippen LogP contribution in [0.1, 0.15) is 17.5 Å². The molecular weight excluding hydrogens is 308 g/mol. The van der Waals surface area contributed by atoms with Crippen molar-refractivity contribution >= 4 is 28.3 Å². The first-order chi connectivity index (χ1) is 11.3. The van der Waals surface area contributed by atoms with Gasteiger partial charge >= 0.3 is 0 Å². The molecule has 2 aromatic heterocycles. The molecule has 0 amide bonds. The third-order valence-corrected chi connectivity index (χ3v) is 4.58. The van der Waals surface area contributed by atoms with Gasteiger partial charge in [-0.05, 0) is 41.8 Å². The number of rotatable bonds is 3. The number of hydrogen-bond donors (Lipinski definition) is 0. The minimum atomic E-state index is 0.719. The fourth-order valence-electron chi connectivity index (χ4n) is 3.06. The maximum absolute atomic E-state index is 5.96. The zero-order valence-electron chi connectivity index (χ0n) is 12.7. The maximum atomic E-state index is 5.96. The molecule has 0 aliphatic carbocycles. The first-order valence-electron chi connectivity index (χ1n) is 7.78. The molecule has 0 saturated carbocycles. The molecule has 0 saturated heterocycles. The molecule has 0 fully saturated rings. The van der Waals surface area contributed by atoms with Crippen LogP contribution in [0.2, 0.25) is 5.02 Å². The van der Waals surface area contributed by atoms with Gasteiger partial charge in [0.15, 0.2) is 0 Å². The Morgan fingerprint density at radius 2 is 2.04 bits per heavy atom. The number of halogens is 1. The summed E-state index contributed by atoms with van der Waals surface area (Å²) in [5.41, 5.74) is 4.59. The number of pyridine rings is 1. The number of benzene rings is 1. The van der Waals surface area contributed by atoms with E-state index in [4.69, 9.17) is 16.0 Å². The first-order valence-corrected chi connectivity index (χ1v) is 8.16. The SMILES string of the molecule is Clc1ccc(C2=CCN(Cc3coc4ncccc34)CC2)cc1. The van der Waals surface area contributed by atoms with Crippen LogP contribution in [0.15, 0.2) is 59.4 Å². The Morgan fingerprint density at radius 3 is 2.83 bits per heavy atom. The summed E-state index contributed by atoms with van der Waals surface area (Å²) >= 11 is 5.96. The van der Waals surface area contributed by atoms with Crippen LogP contribution in [0, 0.1) is 0 Å². The monoisotopic (exact) mass is 324 g/mol. The Balaban J connectivity index is 1.48. The largest absolute Gasteiger partial charge is 0.446 e. The van der Waals surface area contributed by atoms with Crippen molar-refractivity contribution in [2.75, 3.05) is 13.1 Å². The van der Waals surface area contributed by atoms with Gasteiger partial charge in [-0.3, -0.25) is 4.90 Å². The number of fused-ring (bicyclic) bond motifs is 1. The third-order valence-electron chi connectivity index (χ3n) is 4.33. The highest BCUT2D eigenvalue weighted by Crippen LogP contribution is 2.26. The summed E-state index contributed by atoms with van der Waals surface area (Å²) in [4.78, 5) is 6.67. The van der Waals surface area contributed by atoms with Crippen LogP contribution in [0.25, 0.3) is 16.7 Å². The lowest BCUT2D eigenvalue weighted by Crippen LogP contribution is -2.27. The van der Waals surface area contributed by atoms with E-state index in [9.17, 15) is 0 Å². The lowest BCUT2D eigenvalue weighted by molar-refractivity contribution is 0.294. The molecule has 0 spiro atoms. The van der Waals surface area contributed by atoms with Crippen molar-refractivity contribution in [1.29, 1.82) is 0 Å². The summed E-state index contributed by atoms with van der Waals surface area (Å²) in [7, 11) is 0. The molecule has 3 nitrogen and oxygen atoms in total. The zero-order chi connectivity index (χ0) is 15.6. The second kappa shape index (κ2) is 6.19. The second-order valence-electron chi connectivity index (χ2n) is 5.84. The van der Waals surface area contributed by atoms with Gasteiger partial charge in [0.25, 0.3) is 0 Å². The fourth-order valence-corrected chi connectivity index (χ4v) is 3.19. The first kappa shape index (κ1) is 14.5. The third kappa shape index (κ3) is 3.03. The van der Waals surface area contributed by atoms with Crippen LogP contribution in [0.4, 0.5) is 0 Å². The van der Waals surface area contributed by atoms with E-state index in [1.807, 2.05) is 24.5 Å². The van der Waals surface area contributed by atoms with E-state index in [-0.39, 0.29) is 0 Å². The van der Waals surface area contributed by atoms with Gasteiger partial charge in [0.1, 0.15) is 0 Å². The van der Waals surface area contributed by atoms with Crippen molar-refractivity contribution in [3.8, 4) is 0 Å². The summed E-state index contributed by atoms with van der Waals surface area (Å²) in [6.45, 7) is 2.88. The molecule has 0 bridgehead atoms. The van der Waals surface area contributed by atoms with Gasteiger partial charge < -0.3 is 4.42 Å². The number of hydrogen-bond acceptors (Lipinski definition) is 3. The summed E-state index contributed by atoms with van der Waals surface area (Å²) in [6.07, 6.45) is 6.96. The summed E-state index contributed by atoms with van der Waals surface area (Å²) in [5, 5.41) is 1.90. The van der Waals surface area contributed by atoms with Crippen molar-refractivity contribution in [3.63, 3.8) is 0 Å². The highest BCUT2D eigenvalue weighted by molar-refractivity contribution is 6.30. The van der Waals surface area contributed by atoms with Gasteiger partial charge in [-0.2, -0.15) is 0 Å². The number of nitrogens with zero attached hydrogens (tertiary/aromatic N) is 2. The predicted molar refractivity (Wildman–Crippen MR) is 93.3 cm³/mol. The van der Waals surface area contributed by atoms with E-state index in [0.29, 0.717) is 0 Å². The zero-order valence-corrected chi connectivity index (χ0v) is 13.5. The molecule has 116 valence electrons. The van der Waals surface area contributed by atoms with E-state index < -0.39 is 0 Å². The summed E-state index contributed by atoms with van der Waals surface area (Å²) in [5.74, 6) is 0. The van der Waals surface area contributed by atoms with Crippen molar-refractivity contribution in [1.82, 2.24) is 9.88 Å². The molecule has 23 heavy (non-hydrogen) atoms. The molecule has 1 aromatic carbocycles. The van der Waals surface area contributed by atoms with Gasteiger partial charge in [-0.25, -0.2) is 4.98 Å². The standard InChI is InChI=1S/C19H17ClN2O/c20-17-5-3-14(4-6-17)15-7-10-22(11-8-15)12-16-13-23-19-18(16)2-1-9-21-19/h1-7,9,13H,8,10-12H2. The van der Waals surface area contributed by atoms with E-state index in [1.54, 1.807) is 6.20 Å². The fraction of sp³-hybridized carbons (Fsp3) is 0.211. The minimum Gasteiger partial charge on any atom is -0.446 e. The van der Waals surface area contributed by atoms with Crippen molar-refractivity contribution < 1.29 is 4.42 Å². The summed E-state index contributed by atoms with van der Waals surface area (Å²) < 4.78 is 5.53. The maximum Gasteiger partial charge on any atom is 0.226 e. The molecular formula is C19H17ClN2O. The van der Waals surface area contributed by atoms with Gasteiger partial charge in [0, 0.05) is 41.8 Å². The molecule has 0 radical (unpaired) electrons. The average molecular weight is 325 g/mol. The van der Waals surface area contributed by atoms with E-state index in [2.05, 4.69) is 34.2 Å². The number of aromatic nitrogens is 1. The summed E-state index contributed by atoms with van der Waals surface area (Å²) in [6, 6.07) is 12.1. The van der Waals surface area contributed by atoms with Gasteiger partial charge in [-0.15, -0.1) is 0 Å². The molecule has 3 aromatic rings. The molecule has 1 aliphatic rings. The Labute approximate surface area is 140 Å². The molecule has 3 heterocycles. The molecule has 1 aliphatic heterocycles. The van der Waals surface area contributed by atoms with E-state index >= 15 is 0 Å². The van der Waals surface area contributed by atoms with Crippen molar-refractivity contribution in [3.05, 3.63) is 71.1 Å². The smallest absolute Gasteiger partial charge is 0.226 e. The normalized spacial score (nSPS) is 15.8. The van der Waals surface area contributed by atoms with Gasteiger partial charge in [0.05, 0.1) is 6.26 Å². The molecule has 0 N–H and O–H groups in total. The highest BCUT2D eigenvalue weighted by Gasteiger charge is 2.15. The van der Waals surface area contributed by atoms with E-state index in [0.717, 1.165) is 42.2 Å². The van der Waals surface area contributed by atoms with Crippen molar-refractivity contribution in [2.45, 2.75) is 13.0 Å². The quantitative estimate of drug-likeness (QED) is 0.695. The Kier molecular flexibility index (Phi) is 3.90. The average Bonchev–Trinajstić information content (AvgIpc) is 3.00. The molecule has 4 heteroatoms. The Hall–Kier alpha value is -2.10. The van der Waals surface area contributed by atoms with Crippen molar-refractivity contribution in [2.24, 2.45) is 0 Å².